The van der Waals surface area contributed by atoms with Crippen LogP contribution < -0.4 is 15.4 Å². The molecule has 0 aliphatic carbocycles. The van der Waals surface area contributed by atoms with Gasteiger partial charge in [-0.2, -0.15) is 0 Å². The van der Waals surface area contributed by atoms with Crippen LogP contribution in [0.15, 0.2) is 84.9 Å². The summed E-state index contributed by atoms with van der Waals surface area (Å²) in [6.07, 6.45) is 1.65. The van der Waals surface area contributed by atoms with Crippen molar-refractivity contribution in [2.75, 3.05) is 20.2 Å². The van der Waals surface area contributed by atoms with Gasteiger partial charge in [0.15, 0.2) is 0 Å². The minimum absolute atomic E-state index is 0.121. The highest BCUT2D eigenvalue weighted by Crippen LogP contribution is 2.22. The largest absolute Gasteiger partial charge is 0.497 e. The quantitative estimate of drug-likeness (QED) is 0.501. The fourth-order valence-electron chi connectivity index (χ4n) is 4.41. The average Bonchev–Trinajstić information content (AvgIpc) is 3.27. The van der Waals surface area contributed by atoms with Crippen molar-refractivity contribution < 1.29 is 9.53 Å². The maximum atomic E-state index is 13.1. The van der Waals surface area contributed by atoms with Gasteiger partial charge in [0, 0.05) is 32.2 Å². The van der Waals surface area contributed by atoms with Crippen LogP contribution in [0.1, 0.15) is 23.1 Å². The van der Waals surface area contributed by atoms with E-state index in [1.54, 1.807) is 7.11 Å². The van der Waals surface area contributed by atoms with Gasteiger partial charge in [-0.1, -0.05) is 72.8 Å². The first-order valence-corrected chi connectivity index (χ1v) is 11.7. The van der Waals surface area contributed by atoms with Crippen LogP contribution in [0.5, 0.6) is 5.75 Å². The molecular weight excluding hydrogens is 410 g/mol. The maximum absolute atomic E-state index is 13.1. The third kappa shape index (κ3) is 6.67. The van der Waals surface area contributed by atoms with Gasteiger partial charge in [-0.05, 0) is 41.7 Å². The molecule has 3 aromatic rings. The zero-order chi connectivity index (χ0) is 22.9. The van der Waals surface area contributed by atoms with Gasteiger partial charge < -0.3 is 15.4 Å². The van der Waals surface area contributed by atoms with Gasteiger partial charge in [-0.3, -0.25) is 9.69 Å². The third-order valence-corrected chi connectivity index (χ3v) is 6.24. The van der Waals surface area contributed by atoms with Crippen LogP contribution in [0.4, 0.5) is 0 Å². The number of amides is 1. The Morgan fingerprint density at radius 1 is 0.909 bits per heavy atom. The highest BCUT2D eigenvalue weighted by Gasteiger charge is 2.36. The van der Waals surface area contributed by atoms with Crippen LogP contribution in [-0.4, -0.2) is 43.1 Å². The monoisotopic (exact) mass is 443 g/mol. The second kappa shape index (κ2) is 11.6. The van der Waals surface area contributed by atoms with E-state index in [9.17, 15) is 4.79 Å². The van der Waals surface area contributed by atoms with Gasteiger partial charge in [0.25, 0.3) is 0 Å². The minimum atomic E-state index is -0.130. The molecule has 2 N–H and O–H groups in total. The van der Waals surface area contributed by atoms with Crippen molar-refractivity contribution in [3.05, 3.63) is 102 Å². The molecule has 1 fully saturated rings. The molecule has 5 heteroatoms. The van der Waals surface area contributed by atoms with E-state index in [2.05, 4.69) is 64.1 Å². The highest BCUT2D eigenvalue weighted by atomic mass is 16.5. The molecule has 0 bridgehead atoms. The van der Waals surface area contributed by atoms with E-state index in [0.29, 0.717) is 6.54 Å². The van der Waals surface area contributed by atoms with Crippen molar-refractivity contribution in [3.8, 4) is 5.75 Å². The number of hydrogen-bond acceptors (Lipinski definition) is 4. The van der Waals surface area contributed by atoms with Gasteiger partial charge in [0.1, 0.15) is 5.75 Å². The predicted molar refractivity (Wildman–Crippen MR) is 132 cm³/mol. The Morgan fingerprint density at radius 3 is 2.24 bits per heavy atom. The van der Waals surface area contributed by atoms with E-state index in [1.807, 2.05) is 36.4 Å². The number of hydrogen-bond donors (Lipinski definition) is 2. The molecule has 1 aliphatic rings. The van der Waals surface area contributed by atoms with Gasteiger partial charge in [0.2, 0.25) is 5.91 Å². The molecule has 1 heterocycles. The number of benzene rings is 3. The Morgan fingerprint density at radius 2 is 1.58 bits per heavy atom. The van der Waals surface area contributed by atoms with Crippen LogP contribution in [0.3, 0.4) is 0 Å². The van der Waals surface area contributed by atoms with E-state index in [-0.39, 0.29) is 18.0 Å². The lowest BCUT2D eigenvalue weighted by Gasteiger charge is -2.23. The van der Waals surface area contributed by atoms with Gasteiger partial charge in [-0.15, -0.1) is 0 Å². The number of ether oxygens (including phenoxy) is 1. The fraction of sp³-hybridized carbons (Fsp3) is 0.321. The molecule has 0 radical (unpaired) electrons. The molecule has 0 aromatic heterocycles. The second-order valence-corrected chi connectivity index (χ2v) is 8.62. The average molecular weight is 444 g/mol. The number of carbonyl (C=O) groups excluding carboxylic acids is 1. The molecule has 2 atom stereocenters. The Kier molecular flexibility index (Phi) is 8.12. The lowest BCUT2D eigenvalue weighted by molar-refractivity contribution is -0.125. The first-order valence-electron chi connectivity index (χ1n) is 11.7. The van der Waals surface area contributed by atoms with Gasteiger partial charge >= 0.3 is 0 Å². The molecule has 1 amide bonds. The van der Waals surface area contributed by atoms with Crippen molar-refractivity contribution in [1.82, 2.24) is 15.5 Å². The number of nitrogens with zero attached hydrogens (tertiary/aromatic N) is 1. The first kappa shape index (κ1) is 23.0. The van der Waals surface area contributed by atoms with Gasteiger partial charge in [0.05, 0.1) is 13.2 Å². The zero-order valence-corrected chi connectivity index (χ0v) is 19.2. The standard InChI is InChI=1S/C28H33N3O2/c1-33-26-14-12-23(13-15-26)19-30-25-18-27(31(21-25)20-24-10-6-3-7-11-24)28(32)29-17-16-22-8-4-2-5-9-22/h2-15,25,27,30H,16-21H2,1H3,(H,29,32). The second-order valence-electron chi connectivity index (χ2n) is 8.62. The zero-order valence-electron chi connectivity index (χ0n) is 19.2. The van der Waals surface area contributed by atoms with E-state index in [0.717, 1.165) is 38.2 Å². The summed E-state index contributed by atoms with van der Waals surface area (Å²) in [6.45, 7) is 3.05. The molecule has 172 valence electrons. The smallest absolute Gasteiger partial charge is 0.237 e. The fourth-order valence-corrected chi connectivity index (χ4v) is 4.41. The molecule has 1 saturated heterocycles. The Balaban J connectivity index is 1.35. The number of nitrogens with one attached hydrogen (secondary N) is 2. The predicted octanol–water partition coefficient (Wildman–Crippen LogP) is 3.79. The molecule has 1 aliphatic heterocycles. The van der Waals surface area contributed by atoms with E-state index in [4.69, 9.17) is 4.74 Å². The molecule has 0 spiro atoms. The van der Waals surface area contributed by atoms with E-state index in [1.165, 1.54) is 16.7 Å². The number of carbonyl (C=O) groups is 1. The van der Waals surface area contributed by atoms with Crippen LogP contribution in [0.25, 0.3) is 0 Å². The summed E-state index contributed by atoms with van der Waals surface area (Å²) in [6, 6.07) is 28.9. The summed E-state index contributed by atoms with van der Waals surface area (Å²) in [4.78, 5) is 15.4. The SMILES string of the molecule is COc1ccc(CNC2CC(C(=O)NCCc3ccccc3)N(Cc3ccccc3)C2)cc1. The summed E-state index contributed by atoms with van der Waals surface area (Å²) in [7, 11) is 1.68. The van der Waals surface area contributed by atoms with E-state index >= 15 is 0 Å². The summed E-state index contributed by atoms with van der Waals surface area (Å²) in [5, 5.41) is 6.83. The van der Waals surface area contributed by atoms with Crippen molar-refractivity contribution >= 4 is 5.91 Å². The summed E-state index contributed by atoms with van der Waals surface area (Å²) in [5.41, 5.74) is 3.68. The Bertz CT molecular complexity index is 993. The molecule has 4 rings (SSSR count). The maximum Gasteiger partial charge on any atom is 0.237 e. The van der Waals surface area contributed by atoms with Crippen molar-refractivity contribution in [3.63, 3.8) is 0 Å². The van der Waals surface area contributed by atoms with Crippen molar-refractivity contribution in [2.45, 2.75) is 38.0 Å². The summed E-state index contributed by atoms with van der Waals surface area (Å²) >= 11 is 0. The molecule has 33 heavy (non-hydrogen) atoms. The normalized spacial score (nSPS) is 18.2. The molecule has 5 nitrogen and oxygen atoms in total. The summed E-state index contributed by atoms with van der Waals surface area (Å²) < 4.78 is 5.25. The highest BCUT2D eigenvalue weighted by molar-refractivity contribution is 5.82. The number of rotatable bonds is 10. The van der Waals surface area contributed by atoms with Crippen LogP contribution >= 0.6 is 0 Å². The molecule has 2 unspecified atom stereocenters. The lowest BCUT2D eigenvalue weighted by Crippen LogP contribution is -2.43. The topological polar surface area (TPSA) is 53.6 Å². The third-order valence-electron chi connectivity index (χ3n) is 6.24. The Hall–Kier alpha value is -3.15. The molecule has 0 saturated carbocycles. The van der Waals surface area contributed by atoms with E-state index < -0.39 is 0 Å². The van der Waals surface area contributed by atoms with Crippen molar-refractivity contribution in [1.29, 1.82) is 0 Å². The van der Waals surface area contributed by atoms with Crippen LogP contribution in [-0.2, 0) is 24.3 Å². The minimum Gasteiger partial charge on any atom is -0.497 e. The van der Waals surface area contributed by atoms with Crippen LogP contribution in [0, 0.1) is 0 Å². The Labute approximate surface area is 196 Å². The molecular formula is C28H33N3O2. The summed E-state index contributed by atoms with van der Waals surface area (Å²) in [5.74, 6) is 0.983. The first-order chi connectivity index (χ1) is 16.2. The number of likely N-dealkylation sites (tertiary alicyclic amines) is 1. The lowest BCUT2D eigenvalue weighted by atomic mass is 10.1. The van der Waals surface area contributed by atoms with Crippen molar-refractivity contribution in [2.24, 2.45) is 0 Å². The molecule has 3 aromatic carbocycles. The van der Waals surface area contributed by atoms with Crippen LogP contribution in [0.2, 0.25) is 0 Å². The van der Waals surface area contributed by atoms with Gasteiger partial charge in [-0.25, -0.2) is 0 Å². The number of methoxy groups -OCH3 is 1.